The van der Waals surface area contributed by atoms with Gasteiger partial charge >= 0.3 is 5.69 Å². The standard InChI is InChI=1S/C11H15FN2O3/c1-2-17-7-6-13-8-9-4-3-5-10(11(9)12)14(15)16/h3-5,13H,2,6-8H2,1H3. The van der Waals surface area contributed by atoms with Gasteiger partial charge in [0.15, 0.2) is 0 Å². The molecule has 0 aliphatic carbocycles. The Kier molecular flexibility index (Phi) is 5.51. The van der Waals surface area contributed by atoms with Crippen molar-refractivity contribution in [1.82, 2.24) is 5.32 Å². The number of nitro groups is 1. The number of hydrogen-bond acceptors (Lipinski definition) is 4. The summed E-state index contributed by atoms with van der Waals surface area (Å²) in [5, 5.41) is 13.5. The summed E-state index contributed by atoms with van der Waals surface area (Å²) in [6.45, 7) is 3.89. The summed E-state index contributed by atoms with van der Waals surface area (Å²) in [5.41, 5.74) is -0.204. The van der Waals surface area contributed by atoms with Gasteiger partial charge in [-0.3, -0.25) is 10.1 Å². The van der Waals surface area contributed by atoms with Gasteiger partial charge in [0, 0.05) is 31.3 Å². The second-order valence-electron chi connectivity index (χ2n) is 3.38. The highest BCUT2D eigenvalue weighted by atomic mass is 19.1. The van der Waals surface area contributed by atoms with Crippen LogP contribution < -0.4 is 5.32 Å². The summed E-state index contributed by atoms with van der Waals surface area (Å²) in [4.78, 5) is 9.79. The molecule has 1 aromatic carbocycles. The highest BCUT2D eigenvalue weighted by Gasteiger charge is 2.16. The van der Waals surface area contributed by atoms with Gasteiger partial charge in [0.2, 0.25) is 5.82 Å². The molecule has 5 nitrogen and oxygen atoms in total. The Labute approximate surface area is 98.7 Å². The molecular formula is C11H15FN2O3. The van der Waals surface area contributed by atoms with Crippen LogP contribution in [-0.2, 0) is 11.3 Å². The SMILES string of the molecule is CCOCCNCc1cccc([N+](=O)[O-])c1F. The van der Waals surface area contributed by atoms with Crippen LogP contribution in [0.2, 0.25) is 0 Å². The smallest absolute Gasteiger partial charge is 0.305 e. The maximum atomic E-state index is 13.6. The second-order valence-corrected chi connectivity index (χ2v) is 3.38. The van der Waals surface area contributed by atoms with Gasteiger partial charge in [-0.1, -0.05) is 12.1 Å². The van der Waals surface area contributed by atoms with Gasteiger partial charge in [0.1, 0.15) is 0 Å². The van der Waals surface area contributed by atoms with Gasteiger partial charge < -0.3 is 10.1 Å². The van der Waals surface area contributed by atoms with Crippen LogP contribution in [0.5, 0.6) is 0 Å². The Hall–Kier alpha value is -1.53. The number of ether oxygens (including phenoxy) is 1. The lowest BCUT2D eigenvalue weighted by atomic mass is 10.2. The minimum atomic E-state index is -0.776. The van der Waals surface area contributed by atoms with Crippen LogP contribution in [0.15, 0.2) is 18.2 Å². The third-order valence-electron chi connectivity index (χ3n) is 2.20. The summed E-state index contributed by atoms with van der Waals surface area (Å²) in [5.74, 6) is -0.776. The average Bonchev–Trinajstić information content (AvgIpc) is 2.30. The number of nitro benzene ring substituents is 1. The van der Waals surface area contributed by atoms with Gasteiger partial charge in [0.25, 0.3) is 0 Å². The molecule has 0 amide bonds. The van der Waals surface area contributed by atoms with Crippen LogP contribution in [0.3, 0.4) is 0 Å². The lowest BCUT2D eigenvalue weighted by Crippen LogP contribution is -2.20. The zero-order chi connectivity index (χ0) is 12.7. The molecular weight excluding hydrogens is 227 g/mol. The highest BCUT2D eigenvalue weighted by molar-refractivity contribution is 5.36. The predicted octanol–water partition coefficient (Wildman–Crippen LogP) is 1.86. The van der Waals surface area contributed by atoms with Gasteiger partial charge in [-0.05, 0) is 6.92 Å². The first kappa shape index (κ1) is 13.5. The van der Waals surface area contributed by atoms with Gasteiger partial charge in [-0.25, -0.2) is 0 Å². The molecule has 0 heterocycles. The number of halogens is 1. The lowest BCUT2D eigenvalue weighted by Gasteiger charge is -2.06. The molecule has 6 heteroatoms. The Bertz CT molecular complexity index is 385. The predicted molar refractivity (Wildman–Crippen MR) is 61.3 cm³/mol. The van der Waals surface area contributed by atoms with Crippen molar-refractivity contribution in [2.75, 3.05) is 19.8 Å². The number of hydrogen-bond donors (Lipinski definition) is 1. The van der Waals surface area contributed by atoms with E-state index < -0.39 is 16.4 Å². The normalized spacial score (nSPS) is 10.5. The fourth-order valence-electron chi connectivity index (χ4n) is 1.36. The molecule has 0 saturated carbocycles. The largest absolute Gasteiger partial charge is 0.380 e. The first-order valence-electron chi connectivity index (χ1n) is 5.37. The molecule has 0 aromatic heterocycles. The van der Waals surface area contributed by atoms with E-state index in [0.29, 0.717) is 19.8 Å². The van der Waals surface area contributed by atoms with Crippen molar-refractivity contribution in [3.05, 3.63) is 39.7 Å². The molecule has 1 aromatic rings. The summed E-state index contributed by atoms with van der Waals surface area (Å²) >= 11 is 0. The van der Waals surface area contributed by atoms with E-state index in [1.54, 1.807) is 0 Å². The zero-order valence-corrected chi connectivity index (χ0v) is 9.61. The highest BCUT2D eigenvalue weighted by Crippen LogP contribution is 2.19. The Balaban J connectivity index is 2.54. The maximum absolute atomic E-state index is 13.6. The quantitative estimate of drug-likeness (QED) is 0.450. The molecule has 0 atom stereocenters. The van der Waals surface area contributed by atoms with Crippen molar-refractivity contribution in [1.29, 1.82) is 0 Å². The number of rotatable bonds is 7. The number of nitrogens with zero attached hydrogens (tertiary/aromatic N) is 1. The molecule has 0 fully saturated rings. The molecule has 0 spiro atoms. The average molecular weight is 242 g/mol. The van der Waals surface area contributed by atoms with E-state index in [1.165, 1.54) is 12.1 Å². The van der Waals surface area contributed by atoms with Crippen molar-refractivity contribution >= 4 is 5.69 Å². The van der Waals surface area contributed by atoms with Crippen molar-refractivity contribution in [2.45, 2.75) is 13.5 Å². The summed E-state index contributed by atoms with van der Waals surface area (Å²) < 4.78 is 18.7. The van der Waals surface area contributed by atoms with Gasteiger partial charge in [-0.2, -0.15) is 4.39 Å². The van der Waals surface area contributed by atoms with Crippen LogP contribution >= 0.6 is 0 Å². The Morgan fingerprint density at radius 3 is 2.94 bits per heavy atom. The monoisotopic (exact) mass is 242 g/mol. The van der Waals surface area contributed by atoms with E-state index in [-0.39, 0.29) is 12.1 Å². The van der Waals surface area contributed by atoms with Crippen LogP contribution in [-0.4, -0.2) is 24.7 Å². The topological polar surface area (TPSA) is 64.4 Å². The fraction of sp³-hybridized carbons (Fsp3) is 0.455. The third-order valence-corrected chi connectivity index (χ3v) is 2.20. The molecule has 0 radical (unpaired) electrons. The number of nitrogens with one attached hydrogen (secondary N) is 1. The molecule has 0 bridgehead atoms. The van der Waals surface area contributed by atoms with E-state index in [1.807, 2.05) is 6.92 Å². The van der Waals surface area contributed by atoms with Crippen LogP contribution in [0.25, 0.3) is 0 Å². The van der Waals surface area contributed by atoms with Crippen molar-refractivity contribution < 1.29 is 14.1 Å². The van der Waals surface area contributed by atoms with Crippen molar-refractivity contribution in [3.8, 4) is 0 Å². The van der Waals surface area contributed by atoms with Crippen LogP contribution in [0.4, 0.5) is 10.1 Å². The Morgan fingerprint density at radius 2 is 2.29 bits per heavy atom. The minimum Gasteiger partial charge on any atom is -0.380 e. The lowest BCUT2D eigenvalue weighted by molar-refractivity contribution is -0.387. The molecule has 1 rings (SSSR count). The molecule has 0 aliphatic heterocycles. The maximum Gasteiger partial charge on any atom is 0.305 e. The van der Waals surface area contributed by atoms with E-state index in [0.717, 1.165) is 6.07 Å². The molecule has 17 heavy (non-hydrogen) atoms. The third kappa shape index (κ3) is 4.08. The first-order valence-corrected chi connectivity index (χ1v) is 5.37. The summed E-state index contributed by atoms with van der Waals surface area (Å²) in [7, 11) is 0. The fourth-order valence-corrected chi connectivity index (χ4v) is 1.36. The van der Waals surface area contributed by atoms with E-state index >= 15 is 0 Å². The molecule has 0 saturated heterocycles. The Morgan fingerprint density at radius 1 is 1.53 bits per heavy atom. The van der Waals surface area contributed by atoms with Crippen molar-refractivity contribution in [2.24, 2.45) is 0 Å². The van der Waals surface area contributed by atoms with Gasteiger partial charge in [0.05, 0.1) is 11.5 Å². The van der Waals surface area contributed by atoms with E-state index in [4.69, 9.17) is 4.74 Å². The molecule has 0 aliphatic rings. The summed E-state index contributed by atoms with van der Waals surface area (Å²) in [6, 6.07) is 4.15. The van der Waals surface area contributed by atoms with E-state index in [9.17, 15) is 14.5 Å². The van der Waals surface area contributed by atoms with Crippen molar-refractivity contribution in [3.63, 3.8) is 0 Å². The first-order chi connectivity index (χ1) is 8.16. The molecule has 0 unspecified atom stereocenters. The molecule has 94 valence electrons. The zero-order valence-electron chi connectivity index (χ0n) is 9.61. The summed E-state index contributed by atoms with van der Waals surface area (Å²) in [6.07, 6.45) is 0. The van der Waals surface area contributed by atoms with Crippen LogP contribution in [0.1, 0.15) is 12.5 Å². The number of benzene rings is 1. The van der Waals surface area contributed by atoms with E-state index in [2.05, 4.69) is 5.32 Å². The minimum absolute atomic E-state index is 0.251. The molecule has 1 N–H and O–H groups in total. The van der Waals surface area contributed by atoms with Crippen LogP contribution in [0, 0.1) is 15.9 Å². The second kappa shape index (κ2) is 6.93. The van der Waals surface area contributed by atoms with Gasteiger partial charge in [-0.15, -0.1) is 0 Å².